The van der Waals surface area contributed by atoms with Gasteiger partial charge in [0, 0.05) is 17.5 Å². The molecule has 0 bridgehead atoms. The Morgan fingerprint density at radius 3 is 2.02 bits per heavy atom. The molecule has 5 rings (SSSR count). The molecular formula is C28H27F8NO5S2. The fourth-order valence-corrected chi connectivity index (χ4v) is 11.0. The van der Waals surface area contributed by atoms with Crippen molar-refractivity contribution in [3.05, 3.63) is 65.0 Å². The van der Waals surface area contributed by atoms with Gasteiger partial charge in [-0.2, -0.15) is 26.3 Å². The van der Waals surface area contributed by atoms with Crippen LogP contribution in [-0.2, 0) is 41.3 Å². The number of hydrogen-bond donors (Lipinski definition) is 1. The second kappa shape index (κ2) is 10.7. The zero-order valence-electron chi connectivity index (χ0n) is 22.8. The molecule has 2 aliphatic carbocycles. The smallest absolute Gasteiger partial charge is 0.353 e. The lowest BCUT2D eigenvalue weighted by Crippen LogP contribution is -2.51. The molecule has 44 heavy (non-hydrogen) atoms. The van der Waals surface area contributed by atoms with Gasteiger partial charge in [0.1, 0.15) is 20.4 Å². The van der Waals surface area contributed by atoms with E-state index in [1.54, 1.807) is 0 Å². The first-order valence-corrected chi connectivity index (χ1v) is 17.0. The van der Waals surface area contributed by atoms with Crippen LogP contribution in [0.15, 0.2) is 47.4 Å². The number of benzene rings is 2. The average Bonchev–Trinajstić information content (AvgIpc) is 3.34. The molecule has 3 aliphatic rings. The van der Waals surface area contributed by atoms with Gasteiger partial charge in [0.15, 0.2) is 9.84 Å². The molecule has 1 aliphatic heterocycles. The highest BCUT2D eigenvalue weighted by atomic mass is 32.2. The molecule has 0 radical (unpaired) electrons. The van der Waals surface area contributed by atoms with Crippen molar-refractivity contribution in [2.45, 2.75) is 72.2 Å². The zero-order chi connectivity index (χ0) is 32.5. The summed E-state index contributed by atoms with van der Waals surface area (Å²) in [4.78, 5) is 13.1. The normalized spacial score (nSPS) is 26.1. The second-order valence-electron chi connectivity index (χ2n) is 11.6. The van der Waals surface area contributed by atoms with Gasteiger partial charge in [-0.25, -0.2) is 25.6 Å². The number of aryl methyl sites for hydroxylation is 1. The van der Waals surface area contributed by atoms with Gasteiger partial charge in [-0.15, -0.1) is 0 Å². The summed E-state index contributed by atoms with van der Waals surface area (Å²) < 4.78 is 160. The number of alkyl halides is 7. The molecule has 6 nitrogen and oxygen atoms in total. The van der Waals surface area contributed by atoms with Gasteiger partial charge in [-0.1, -0.05) is 18.2 Å². The number of sulfone groups is 2. The third-order valence-corrected chi connectivity index (χ3v) is 13.5. The van der Waals surface area contributed by atoms with Gasteiger partial charge in [-0.3, -0.25) is 4.79 Å². The molecule has 0 aromatic heterocycles. The first kappa shape index (κ1) is 32.6. The fraction of sp³-hybridized carbons (Fsp3) is 0.536. The highest BCUT2D eigenvalue weighted by molar-refractivity contribution is 7.92. The molecule has 242 valence electrons. The lowest BCUT2D eigenvalue weighted by atomic mass is 9.72. The van der Waals surface area contributed by atoms with Gasteiger partial charge >= 0.3 is 18.0 Å². The monoisotopic (exact) mass is 673 g/mol. The zero-order valence-corrected chi connectivity index (χ0v) is 24.4. The first-order chi connectivity index (χ1) is 20.2. The van der Waals surface area contributed by atoms with Crippen LogP contribution in [0.2, 0.25) is 0 Å². The maximum atomic E-state index is 15.0. The lowest BCUT2D eigenvalue weighted by Gasteiger charge is -2.43. The standard InChI is InChI=1S/C28H27F8NO5S2/c29-18-3-5-20(6-4-18)44(41,42)25-12-9-21(24(38)37-19-10-13-43(39,40)14-11-19)23(25)7-1-16-15-17(2-8-22(16)25)26(30,27(31,32)33)28(34,35)36/h2-6,8,15,19,21,23H,1,7,9-14H2,(H,37,38)/t21-,23+,25-/m1/s1. The quantitative estimate of drug-likeness (QED) is 0.337. The van der Waals surface area contributed by atoms with E-state index in [4.69, 9.17) is 0 Å². The van der Waals surface area contributed by atoms with Crippen LogP contribution >= 0.6 is 0 Å². The molecular weight excluding hydrogens is 646 g/mol. The summed E-state index contributed by atoms with van der Waals surface area (Å²) in [6, 6.07) is 4.66. The minimum atomic E-state index is -6.37. The van der Waals surface area contributed by atoms with Gasteiger partial charge in [0.05, 0.1) is 16.4 Å². The Balaban J connectivity index is 1.60. The first-order valence-electron chi connectivity index (χ1n) is 13.7. The number of hydrogen-bond acceptors (Lipinski definition) is 5. The molecule has 0 unspecified atom stereocenters. The van der Waals surface area contributed by atoms with Gasteiger partial charge in [-0.05, 0) is 79.8 Å². The van der Waals surface area contributed by atoms with Gasteiger partial charge < -0.3 is 5.32 Å². The highest BCUT2D eigenvalue weighted by Crippen LogP contribution is 2.60. The Bertz CT molecular complexity index is 1640. The summed E-state index contributed by atoms with van der Waals surface area (Å²) in [6.07, 6.45) is -13.1. The van der Waals surface area contributed by atoms with Crippen molar-refractivity contribution in [1.29, 1.82) is 0 Å². The van der Waals surface area contributed by atoms with Crippen molar-refractivity contribution in [2.75, 3.05) is 11.5 Å². The molecule has 2 fully saturated rings. The van der Waals surface area contributed by atoms with E-state index in [-0.39, 0.29) is 72.1 Å². The van der Waals surface area contributed by atoms with E-state index < -0.39 is 77.6 Å². The summed E-state index contributed by atoms with van der Waals surface area (Å²) in [5, 5.41) is 2.79. The van der Waals surface area contributed by atoms with E-state index in [0.29, 0.717) is 6.07 Å². The topological polar surface area (TPSA) is 97.4 Å². The molecule has 2 aromatic rings. The molecule has 2 aromatic carbocycles. The molecule has 1 N–H and O–H groups in total. The van der Waals surface area contributed by atoms with E-state index >= 15 is 0 Å². The number of nitrogens with one attached hydrogen (secondary N) is 1. The van der Waals surface area contributed by atoms with Crippen LogP contribution in [0.3, 0.4) is 0 Å². The van der Waals surface area contributed by atoms with Crippen LogP contribution in [0.5, 0.6) is 0 Å². The number of carbonyl (C=O) groups excluding carboxylic acids is 1. The third-order valence-electron chi connectivity index (χ3n) is 9.22. The van der Waals surface area contributed by atoms with Crippen molar-refractivity contribution in [2.24, 2.45) is 11.8 Å². The lowest BCUT2D eigenvalue weighted by molar-refractivity contribution is -0.348. The predicted octanol–water partition coefficient (Wildman–Crippen LogP) is 5.45. The van der Waals surface area contributed by atoms with E-state index in [1.807, 2.05) is 0 Å². The van der Waals surface area contributed by atoms with Crippen LogP contribution in [0.1, 0.15) is 48.8 Å². The largest absolute Gasteiger partial charge is 0.435 e. The van der Waals surface area contributed by atoms with Crippen molar-refractivity contribution in [3.63, 3.8) is 0 Å². The molecule has 0 spiro atoms. The predicted molar refractivity (Wildman–Crippen MR) is 141 cm³/mol. The fourth-order valence-electron chi connectivity index (χ4n) is 7.04. The molecule has 3 atom stereocenters. The maximum Gasteiger partial charge on any atom is 0.435 e. The van der Waals surface area contributed by atoms with Crippen molar-refractivity contribution in [1.82, 2.24) is 5.32 Å². The van der Waals surface area contributed by atoms with Crippen molar-refractivity contribution >= 4 is 25.6 Å². The second-order valence-corrected chi connectivity index (χ2v) is 16.1. The SMILES string of the molecule is O=C(NC1CCS(=O)(=O)CC1)[C@@H]1CC[C@@]2(S(=O)(=O)c3ccc(F)cc3)c3ccc(C(F)(C(F)(F)F)C(F)(F)F)cc3CC[C@@H]12. The number of rotatable bonds is 5. The van der Waals surface area contributed by atoms with Crippen LogP contribution in [0.25, 0.3) is 0 Å². The van der Waals surface area contributed by atoms with Crippen molar-refractivity contribution < 1.29 is 56.8 Å². The average molecular weight is 674 g/mol. The van der Waals surface area contributed by atoms with E-state index in [9.17, 15) is 56.8 Å². The molecule has 1 saturated carbocycles. The Labute approximate surface area is 248 Å². The van der Waals surface area contributed by atoms with Crippen molar-refractivity contribution in [3.8, 4) is 0 Å². The summed E-state index contributed by atoms with van der Waals surface area (Å²) in [5.41, 5.74) is -7.85. The third kappa shape index (κ3) is 5.09. The minimum Gasteiger partial charge on any atom is -0.353 e. The molecule has 1 saturated heterocycles. The minimum absolute atomic E-state index is 0.0265. The Kier molecular flexibility index (Phi) is 7.91. The number of carbonyl (C=O) groups is 1. The Morgan fingerprint density at radius 2 is 1.45 bits per heavy atom. The number of amides is 1. The van der Waals surface area contributed by atoms with E-state index in [1.165, 1.54) is 0 Å². The Morgan fingerprint density at radius 1 is 0.864 bits per heavy atom. The van der Waals surface area contributed by atoms with Crippen LogP contribution in [0.4, 0.5) is 35.1 Å². The van der Waals surface area contributed by atoms with Crippen LogP contribution in [0, 0.1) is 17.7 Å². The molecule has 16 heteroatoms. The molecule has 1 heterocycles. The summed E-state index contributed by atoms with van der Waals surface area (Å²) in [6.45, 7) is 0. The summed E-state index contributed by atoms with van der Waals surface area (Å²) in [5.74, 6) is -3.55. The van der Waals surface area contributed by atoms with Gasteiger partial charge in [0.25, 0.3) is 0 Å². The summed E-state index contributed by atoms with van der Waals surface area (Å²) >= 11 is 0. The Hall–Kier alpha value is -2.75. The number of fused-ring (bicyclic) bond motifs is 3. The van der Waals surface area contributed by atoms with E-state index in [0.717, 1.165) is 30.3 Å². The van der Waals surface area contributed by atoms with E-state index in [2.05, 4.69) is 5.32 Å². The highest BCUT2D eigenvalue weighted by Gasteiger charge is 2.74. The summed E-state index contributed by atoms with van der Waals surface area (Å²) in [7, 11) is -7.82. The van der Waals surface area contributed by atoms with Crippen LogP contribution in [-0.4, -0.2) is 52.6 Å². The van der Waals surface area contributed by atoms with Crippen LogP contribution < -0.4 is 5.32 Å². The molecule has 1 amide bonds. The number of halogens is 8. The van der Waals surface area contributed by atoms with Gasteiger partial charge in [0.2, 0.25) is 5.91 Å². The maximum absolute atomic E-state index is 15.0.